The molecule has 4 amide bonds. The van der Waals surface area contributed by atoms with Crippen LogP contribution in [0, 0.1) is 5.82 Å². The van der Waals surface area contributed by atoms with E-state index in [1.807, 2.05) is 0 Å². The van der Waals surface area contributed by atoms with Crippen molar-refractivity contribution < 1.29 is 37.7 Å². The maximum absolute atomic E-state index is 13.5. The van der Waals surface area contributed by atoms with E-state index in [1.54, 1.807) is 31.2 Å². The van der Waals surface area contributed by atoms with Gasteiger partial charge in [-0.1, -0.05) is 23.7 Å². The van der Waals surface area contributed by atoms with E-state index in [1.165, 1.54) is 44.6 Å². The largest absolute Gasteiger partial charge is 0.495 e. The number of barbiturate groups is 1. The summed E-state index contributed by atoms with van der Waals surface area (Å²) in [6.45, 7) is 2.24. The molecule has 0 aromatic heterocycles. The molecule has 0 saturated carbocycles. The number of benzene rings is 3. The zero-order chi connectivity index (χ0) is 29.0. The highest BCUT2D eigenvalue weighted by atomic mass is 79.9. The minimum Gasteiger partial charge on any atom is -0.495 e. The molecule has 0 spiro atoms. The van der Waals surface area contributed by atoms with Gasteiger partial charge in [0.25, 0.3) is 11.8 Å². The Morgan fingerprint density at radius 2 is 1.68 bits per heavy atom. The van der Waals surface area contributed by atoms with Crippen molar-refractivity contribution in [1.82, 2.24) is 5.32 Å². The van der Waals surface area contributed by atoms with E-state index < -0.39 is 17.8 Å². The van der Waals surface area contributed by atoms with Crippen LogP contribution < -0.4 is 29.2 Å². The van der Waals surface area contributed by atoms with Crippen molar-refractivity contribution in [3.8, 4) is 23.0 Å². The van der Waals surface area contributed by atoms with Crippen LogP contribution in [-0.4, -0.2) is 38.7 Å². The maximum Gasteiger partial charge on any atom is 0.336 e. The molecule has 0 atom stereocenters. The normalized spacial score (nSPS) is 14.3. The van der Waals surface area contributed by atoms with E-state index in [4.69, 9.17) is 30.5 Å². The van der Waals surface area contributed by atoms with Crippen LogP contribution in [0.4, 0.5) is 14.9 Å². The summed E-state index contributed by atoms with van der Waals surface area (Å²) < 4.78 is 35.9. The summed E-state index contributed by atoms with van der Waals surface area (Å²) in [6.07, 6.45) is 1.33. The summed E-state index contributed by atoms with van der Waals surface area (Å²) in [5.41, 5.74) is 0.874. The number of ether oxygens (including phenoxy) is 4. The topological polar surface area (TPSA) is 103 Å². The number of carbonyl (C=O) groups excluding carboxylic acids is 3. The lowest BCUT2D eigenvalue weighted by Gasteiger charge is -2.28. The van der Waals surface area contributed by atoms with Gasteiger partial charge in [0.1, 0.15) is 29.5 Å². The smallest absolute Gasteiger partial charge is 0.336 e. The molecule has 0 bridgehead atoms. The quantitative estimate of drug-likeness (QED) is 0.231. The molecular formula is C28H23BrClFN2O7. The number of urea groups is 1. The van der Waals surface area contributed by atoms with Gasteiger partial charge < -0.3 is 18.9 Å². The van der Waals surface area contributed by atoms with Crippen LogP contribution in [0.15, 0.2) is 58.6 Å². The Hall–Kier alpha value is -4.09. The third kappa shape index (κ3) is 6.05. The number of hydrogen-bond acceptors (Lipinski definition) is 7. The van der Waals surface area contributed by atoms with Crippen LogP contribution in [0.3, 0.4) is 0 Å². The predicted molar refractivity (Wildman–Crippen MR) is 150 cm³/mol. The molecule has 1 fully saturated rings. The number of rotatable bonds is 9. The number of hydrogen-bond donors (Lipinski definition) is 1. The van der Waals surface area contributed by atoms with Crippen molar-refractivity contribution in [2.45, 2.75) is 13.5 Å². The molecule has 12 heteroatoms. The first kappa shape index (κ1) is 28.9. The SMILES string of the molecule is CCOc1cc(/C=C2\C(=O)NC(=O)N(c3cc(OC)c(Cl)cc3OC)C2=O)cc(Br)c1OCc1ccc(F)cc1. The van der Waals surface area contributed by atoms with Crippen LogP contribution in [0.1, 0.15) is 18.1 Å². The lowest BCUT2D eigenvalue weighted by Crippen LogP contribution is -2.54. The van der Waals surface area contributed by atoms with Crippen molar-refractivity contribution in [3.63, 3.8) is 0 Å². The van der Waals surface area contributed by atoms with Gasteiger partial charge in [-0.25, -0.2) is 14.1 Å². The van der Waals surface area contributed by atoms with E-state index >= 15 is 0 Å². The molecule has 0 radical (unpaired) electrons. The number of carbonyl (C=O) groups is 3. The van der Waals surface area contributed by atoms with Crippen LogP contribution >= 0.6 is 27.5 Å². The second kappa shape index (κ2) is 12.4. The Kier molecular flexibility index (Phi) is 8.96. The minimum atomic E-state index is -0.962. The third-order valence-corrected chi connectivity index (χ3v) is 6.62. The van der Waals surface area contributed by atoms with Gasteiger partial charge in [0.05, 0.1) is 36.0 Å². The van der Waals surface area contributed by atoms with Crippen molar-refractivity contribution in [3.05, 3.63) is 80.5 Å². The second-order valence-electron chi connectivity index (χ2n) is 8.29. The molecule has 3 aromatic rings. The monoisotopic (exact) mass is 632 g/mol. The fourth-order valence-electron chi connectivity index (χ4n) is 3.87. The van der Waals surface area contributed by atoms with E-state index in [0.717, 1.165) is 10.5 Å². The molecule has 1 heterocycles. The highest BCUT2D eigenvalue weighted by molar-refractivity contribution is 9.10. The molecule has 0 unspecified atom stereocenters. The van der Waals surface area contributed by atoms with Gasteiger partial charge in [0, 0.05) is 12.1 Å². The fourth-order valence-corrected chi connectivity index (χ4v) is 4.68. The average molecular weight is 634 g/mol. The van der Waals surface area contributed by atoms with Crippen LogP contribution in [0.25, 0.3) is 6.08 Å². The first-order valence-corrected chi connectivity index (χ1v) is 13.0. The van der Waals surface area contributed by atoms with E-state index in [9.17, 15) is 18.8 Å². The van der Waals surface area contributed by atoms with E-state index in [2.05, 4.69) is 21.2 Å². The molecule has 1 N–H and O–H groups in total. The zero-order valence-electron chi connectivity index (χ0n) is 21.5. The zero-order valence-corrected chi connectivity index (χ0v) is 23.9. The van der Waals surface area contributed by atoms with Crippen molar-refractivity contribution in [1.29, 1.82) is 0 Å². The Balaban J connectivity index is 1.70. The number of imide groups is 2. The average Bonchev–Trinajstić information content (AvgIpc) is 2.92. The Labute approximate surface area is 242 Å². The van der Waals surface area contributed by atoms with Crippen LogP contribution in [0.2, 0.25) is 5.02 Å². The van der Waals surface area contributed by atoms with Crippen LogP contribution in [-0.2, 0) is 16.2 Å². The molecule has 9 nitrogen and oxygen atoms in total. The third-order valence-electron chi connectivity index (χ3n) is 5.74. The van der Waals surface area contributed by atoms with E-state index in [0.29, 0.717) is 28.1 Å². The van der Waals surface area contributed by atoms with Gasteiger partial charge in [-0.3, -0.25) is 14.9 Å². The van der Waals surface area contributed by atoms with Gasteiger partial charge in [0.2, 0.25) is 0 Å². The number of amides is 4. The van der Waals surface area contributed by atoms with Crippen molar-refractivity contribution in [2.75, 3.05) is 25.7 Å². The number of nitrogens with zero attached hydrogens (tertiary/aromatic N) is 1. The first-order valence-electron chi connectivity index (χ1n) is 11.8. The molecule has 1 aliphatic heterocycles. The summed E-state index contributed by atoms with van der Waals surface area (Å²) in [5.74, 6) is -1.09. The summed E-state index contributed by atoms with van der Waals surface area (Å²) in [7, 11) is 2.73. The maximum atomic E-state index is 13.5. The van der Waals surface area contributed by atoms with Gasteiger partial charge in [-0.05, 0) is 64.3 Å². The summed E-state index contributed by atoms with van der Waals surface area (Å²) in [4.78, 5) is 39.8. The minimum absolute atomic E-state index is 0.0328. The Bertz CT molecular complexity index is 1510. The second-order valence-corrected chi connectivity index (χ2v) is 9.56. The summed E-state index contributed by atoms with van der Waals surface area (Å²) in [5, 5.41) is 2.38. The molecular weight excluding hydrogens is 611 g/mol. The number of halogens is 3. The van der Waals surface area contributed by atoms with E-state index in [-0.39, 0.29) is 40.2 Å². The van der Waals surface area contributed by atoms with Gasteiger partial charge >= 0.3 is 6.03 Å². The molecule has 40 heavy (non-hydrogen) atoms. The predicted octanol–water partition coefficient (Wildman–Crippen LogP) is 5.90. The first-order chi connectivity index (χ1) is 19.2. The molecule has 3 aromatic carbocycles. The Morgan fingerprint density at radius 3 is 2.33 bits per heavy atom. The van der Waals surface area contributed by atoms with Crippen molar-refractivity contribution in [2.24, 2.45) is 0 Å². The number of anilines is 1. The van der Waals surface area contributed by atoms with Gasteiger partial charge in [0.15, 0.2) is 11.5 Å². The summed E-state index contributed by atoms with van der Waals surface area (Å²) >= 11 is 9.63. The molecule has 4 rings (SSSR count). The number of nitrogens with one attached hydrogen (secondary N) is 1. The molecule has 1 saturated heterocycles. The van der Waals surface area contributed by atoms with Gasteiger partial charge in [-0.15, -0.1) is 0 Å². The lowest BCUT2D eigenvalue weighted by atomic mass is 10.1. The van der Waals surface area contributed by atoms with Crippen LogP contribution in [0.5, 0.6) is 23.0 Å². The van der Waals surface area contributed by atoms with Gasteiger partial charge in [-0.2, -0.15) is 0 Å². The molecule has 1 aliphatic rings. The fraction of sp³-hybridized carbons (Fsp3) is 0.179. The lowest BCUT2D eigenvalue weighted by molar-refractivity contribution is -0.122. The highest BCUT2D eigenvalue weighted by Gasteiger charge is 2.38. The molecule has 0 aliphatic carbocycles. The number of methoxy groups -OCH3 is 2. The molecule has 208 valence electrons. The summed E-state index contributed by atoms with van der Waals surface area (Å²) in [6, 6.07) is 10.9. The van der Waals surface area contributed by atoms with Crippen molar-refractivity contribution >= 4 is 57.1 Å². The Morgan fingerprint density at radius 1 is 0.975 bits per heavy atom. The standard InChI is InChI=1S/C28H23BrClFN2O7/c1-4-39-24-11-16(10-19(29)25(24)40-14-15-5-7-17(31)8-6-15)9-18-26(34)32-28(36)33(27(18)35)21-13-22(37-2)20(30)12-23(21)38-3/h5-13H,4,14H2,1-3H3,(H,32,34,36)/b18-9+. The highest BCUT2D eigenvalue weighted by Crippen LogP contribution is 2.40.